The number of aliphatic hydroxyl groups is 2. The summed E-state index contributed by atoms with van der Waals surface area (Å²) in [5.74, 6) is -0.399. The van der Waals surface area contributed by atoms with E-state index in [9.17, 15) is 33.9 Å². The standard InChI is InChI=1S/C20H30N10O13P2.2Na/c21-14-8-15(24-3-23-14)29(4-25-8)18-12-10(31)6(40-18)1-38-45(36,37)43-13-11(32)7(2-39-44(34,35)42-12)41-19(13)30-5-26-9-16(30)27-20(22)28-17(9)33;;/h3-4,6-7,9-13,16,18-20,26-27,31-32H,1-2,5,22H2,(H,28,33)(H,34,35)(H,36,37)(H2,21,23,24);;/q;2*+1/t6-,7-,9?,10?,11?,12-,13-,16?,18-,19-,20?;;/m1../s1. The van der Waals surface area contributed by atoms with Gasteiger partial charge in [0, 0.05) is 0 Å². The first-order chi connectivity index (χ1) is 21.3. The Labute approximate surface area is 309 Å². The number of hydrogen-bond acceptors (Lipinski definition) is 19. The molecule has 5 saturated heterocycles. The maximum atomic E-state index is 13.2. The van der Waals surface area contributed by atoms with Crippen LogP contribution < -0.4 is 86.5 Å². The fourth-order valence-electron chi connectivity index (χ4n) is 5.94. The predicted octanol–water partition coefficient (Wildman–Crippen LogP) is -10.7. The normalized spacial score (nSPS) is 44.2. The SMILES string of the molecule is Nc1ncnc2c1ncn2[C@@H]1O[C@@H]2COP(=O)(O)O[C@@H]3C(O)[C@@H](COP(=O)(O)O[C@@H]1C2O)O[C@H]3N1CNC2C(=O)NC(N)NC21.[Na+].[Na+]. The van der Waals surface area contributed by atoms with Crippen LogP contribution in [0, 0.1) is 0 Å². The van der Waals surface area contributed by atoms with Crippen molar-refractivity contribution in [1.82, 2.24) is 40.4 Å². The molecular weight excluding hydrogens is 696 g/mol. The zero-order valence-electron chi connectivity index (χ0n) is 24.9. The fraction of sp³-hybridized carbons (Fsp3) is 0.700. The minimum absolute atomic E-state index is 0. The number of phosphoric ester groups is 2. The first-order valence-corrected chi connectivity index (χ1v) is 16.5. The quantitative estimate of drug-likeness (QED) is 0.102. The summed E-state index contributed by atoms with van der Waals surface area (Å²) in [5, 5.41) is 30.6. The summed E-state index contributed by atoms with van der Waals surface area (Å²) in [4.78, 5) is 47.4. The fourth-order valence-corrected chi connectivity index (χ4v) is 7.81. The van der Waals surface area contributed by atoms with Gasteiger partial charge in [-0.1, -0.05) is 0 Å². The summed E-state index contributed by atoms with van der Waals surface area (Å²) < 4.78 is 60.5. The van der Waals surface area contributed by atoms with Gasteiger partial charge in [0.15, 0.2) is 17.7 Å². The molecule has 47 heavy (non-hydrogen) atoms. The second kappa shape index (κ2) is 14.4. The number of nitrogens with two attached hydrogens (primary N) is 2. The average molecular weight is 726 g/mol. The molecule has 11 N–H and O–H groups in total. The van der Waals surface area contributed by atoms with Crippen LogP contribution in [0.5, 0.6) is 0 Å². The smallest absolute Gasteiger partial charge is 0.387 e. The number of imidazole rings is 1. The van der Waals surface area contributed by atoms with Crippen LogP contribution in [0.3, 0.4) is 0 Å². The van der Waals surface area contributed by atoms with Gasteiger partial charge in [0.2, 0.25) is 5.91 Å². The van der Waals surface area contributed by atoms with Crippen LogP contribution in [0.25, 0.3) is 11.2 Å². The van der Waals surface area contributed by atoms with Crippen LogP contribution in [0.2, 0.25) is 0 Å². The molecule has 13 atom stereocenters. The Morgan fingerprint density at radius 2 is 1.53 bits per heavy atom. The number of fused-ring (bicyclic) bond motifs is 6. The summed E-state index contributed by atoms with van der Waals surface area (Å²) in [5.41, 5.74) is 12.0. The third-order valence-electron chi connectivity index (χ3n) is 8.02. The van der Waals surface area contributed by atoms with E-state index < -0.39 is 102 Å². The molecule has 7 heterocycles. The minimum atomic E-state index is -5.04. The summed E-state index contributed by atoms with van der Waals surface area (Å²) in [6.45, 7) is -1.58. The van der Waals surface area contributed by atoms with E-state index in [0.29, 0.717) is 0 Å². The van der Waals surface area contributed by atoms with Gasteiger partial charge in [0.25, 0.3) is 0 Å². The number of phosphoric acid groups is 2. The van der Waals surface area contributed by atoms with Crippen molar-refractivity contribution in [3.8, 4) is 0 Å². The van der Waals surface area contributed by atoms with Crippen molar-refractivity contribution >= 4 is 38.5 Å². The number of rotatable bonds is 2. The van der Waals surface area contributed by atoms with Crippen LogP contribution in [0.1, 0.15) is 6.23 Å². The van der Waals surface area contributed by atoms with Crippen LogP contribution in [-0.4, -0.2) is 132 Å². The maximum Gasteiger partial charge on any atom is 1.00 e. The second-order valence-corrected chi connectivity index (χ2v) is 13.6. The molecule has 7 unspecified atom stereocenters. The molecule has 0 radical (unpaired) electrons. The zero-order valence-corrected chi connectivity index (χ0v) is 30.7. The summed E-state index contributed by atoms with van der Waals surface area (Å²) in [6.07, 6.45) is -11.6. The third kappa shape index (κ3) is 7.26. The summed E-state index contributed by atoms with van der Waals surface area (Å²) in [6, 6.07) is -0.809. The van der Waals surface area contributed by atoms with E-state index in [0.717, 1.165) is 6.33 Å². The topological polar surface area (TPSA) is 322 Å². The van der Waals surface area contributed by atoms with Gasteiger partial charge in [0.05, 0.1) is 32.4 Å². The summed E-state index contributed by atoms with van der Waals surface area (Å²) >= 11 is 0. The second-order valence-electron chi connectivity index (χ2n) is 10.8. The molecule has 27 heteroatoms. The van der Waals surface area contributed by atoms with Gasteiger partial charge in [-0.05, 0) is 0 Å². The van der Waals surface area contributed by atoms with Crippen molar-refractivity contribution in [3.05, 3.63) is 12.7 Å². The number of hydrogen-bond donors (Lipinski definition) is 9. The number of aliphatic hydroxyl groups excluding tert-OH is 2. The molecule has 4 bridgehead atoms. The number of anilines is 1. The predicted molar refractivity (Wildman–Crippen MR) is 142 cm³/mol. The van der Waals surface area contributed by atoms with Crippen LogP contribution in [0.4, 0.5) is 5.82 Å². The molecule has 0 aromatic carbocycles. The number of amides is 1. The first-order valence-electron chi connectivity index (χ1n) is 13.5. The van der Waals surface area contributed by atoms with Gasteiger partial charge < -0.3 is 40.5 Å². The molecule has 2 aromatic rings. The van der Waals surface area contributed by atoms with Gasteiger partial charge >= 0.3 is 74.8 Å². The molecule has 2 aromatic heterocycles. The van der Waals surface area contributed by atoms with Gasteiger partial charge in [0.1, 0.15) is 67.0 Å². The van der Waals surface area contributed by atoms with E-state index in [2.05, 4.69) is 30.9 Å². The van der Waals surface area contributed by atoms with Gasteiger partial charge in [-0.25, -0.2) is 29.0 Å². The van der Waals surface area contributed by atoms with Crippen molar-refractivity contribution in [3.63, 3.8) is 0 Å². The molecule has 0 saturated carbocycles. The molecule has 0 aliphatic carbocycles. The average Bonchev–Trinajstić information content (AvgIpc) is 3.72. The van der Waals surface area contributed by atoms with E-state index in [1.807, 2.05) is 0 Å². The van der Waals surface area contributed by atoms with E-state index in [4.69, 9.17) is 39.0 Å². The van der Waals surface area contributed by atoms with Crippen molar-refractivity contribution in [2.45, 2.75) is 67.6 Å². The van der Waals surface area contributed by atoms with E-state index >= 15 is 0 Å². The molecule has 1 amide bonds. The summed E-state index contributed by atoms with van der Waals surface area (Å²) in [7, 11) is -10.1. The number of nitrogens with zero attached hydrogens (tertiary/aromatic N) is 5. The van der Waals surface area contributed by atoms with Crippen molar-refractivity contribution in [2.24, 2.45) is 5.73 Å². The monoisotopic (exact) mass is 726 g/mol. The zero-order chi connectivity index (χ0) is 31.8. The number of aromatic nitrogens is 4. The molecule has 5 aliphatic heterocycles. The Bertz CT molecular complexity index is 1580. The number of ether oxygens (including phenoxy) is 2. The van der Waals surface area contributed by atoms with Crippen LogP contribution >= 0.6 is 15.6 Å². The molecule has 5 fully saturated rings. The minimum Gasteiger partial charge on any atom is -0.387 e. The number of nitrogen functional groups attached to an aromatic ring is 1. The molecule has 7 rings (SSSR count). The Morgan fingerprint density at radius 3 is 2.17 bits per heavy atom. The largest absolute Gasteiger partial charge is 1.00 e. The molecule has 23 nitrogen and oxygen atoms in total. The Balaban J connectivity index is 0.00000217. The number of nitrogens with one attached hydrogen (secondary N) is 3. The molecule has 248 valence electrons. The Hall–Kier alpha value is -0.280. The Morgan fingerprint density at radius 1 is 0.936 bits per heavy atom. The van der Waals surface area contributed by atoms with E-state index in [1.165, 1.54) is 15.8 Å². The van der Waals surface area contributed by atoms with Crippen molar-refractivity contribution in [1.29, 1.82) is 0 Å². The van der Waals surface area contributed by atoms with Crippen LogP contribution in [-0.2, 0) is 41.5 Å². The van der Waals surface area contributed by atoms with Gasteiger partial charge in [-0.2, -0.15) is 0 Å². The molecule has 0 spiro atoms. The van der Waals surface area contributed by atoms with E-state index in [1.54, 1.807) is 0 Å². The molecular formula is C20H30N10Na2O13P2+2. The number of carbonyl (C=O) groups excluding carboxylic acids is 1. The molecule has 5 aliphatic rings. The number of carbonyl (C=O) groups is 1. The maximum absolute atomic E-state index is 13.2. The van der Waals surface area contributed by atoms with E-state index in [-0.39, 0.29) is 82.8 Å². The first kappa shape index (κ1) is 38.0. The third-order valence-corrected chi connectivity index (χ3v) is 10.00. The van der Waals surface area contributed by atoms with Gasteiger partial charge in [-0.3, -0.25) is 43.8 Å². The Kier molecular flexibility index (Phi) is 11.6. The van der Waals surface area contributed by atoms with Crippen molar-refractivity contribution < 1.29 is 121 Å². The van der Waals surface area contributed by atoms with Crippen LogP contribution in [0.15, 0.2) is 12.7 Å². The van der Waals surface area contributed by atoms with Gasteiger partial charge in [-0.15, -0.1) is 0 Å². The van der Waals surface area contributed by atoms with Crippen molar-refractivity contribution in [2.75, 3.05) is 25.6 Å².